The lowest BCUT2D eigenvalue weighted by Gasteiger charge is -2.26. The van der Waals surface area contributed by atoms with Crippen LogP contribution in [-0.2, 0) is 57.4 Å². The topological polar surface area (TPSA) is 315 Å². The summed E-state index contributed by atoms with van der Waals surface area (Å²) in [6, 6.07) is 47.3. The first kappa shape index (κ1) is 99.3. The number of fused-ring (bicyclic) bond motifs is 4. The molecular formula is C81H112B3BrCl5IN8O12. The lowest BCUT2D eigenvalue weighted by atomic mass is 9.85. The van der Waals surface area contributed by atoms with Crippen LogP contribution in [-0.4, -0.2) is 172 Å². The van der Waals surface area contributed by atoms with Gasteiger partial charge in [-0.2, -0.15) is 0 Å². The first-order valence-corrected chi connectivity index (χ1v) is 41.7. The number of esters is 3. The van der Waals surface area contributed by atoms with Crippen molar-refractivity contribution in [3.05, 3.63) is 167 Å². The molecule has 30 heteroatoms. The molecule has 0 bridgehead atoms. The van der Waals surface area contributed by atoms with E-state index in [1.807, 2.05) is 172 Å². The second kappa shape index (κ2) is 51.2. The number of nitrogen functional groups attached to an aromatic ring is 2. The van der Waals surface area contributed by atoms with Gasteiger partial charge in [0, 0.05) is 127 Å². The number of carboxylic acid groups (broad SMARTS) is 1. The van der Waals surface area contributed by atoms with Crippen LogP contribution in [0.4, 0.5) is 22.7 Å². The molecule has 0 aliphatic heterocycles. The first-order valence-electron chi connectivity index (χ1n) is 36.8. The van der Waals surface area contributed by atoms with E-state index >= 15 is 0 Å². The van der Waals surface area contributed by atoms with Gasteiger partial charge in [-0.15, -0.1) is 58.0 Å². The molecule has 0 amide bonds. The highest BCUT2D eigenvalue weighted by Crippen LogP contribution is 2.34. The number of hydrogen-bond donors (Lipinski definition) is 10. The number of rotatable bonds is 32. The van der Waals surface area contributed by atoms with Crippen molar-refractivity contribution in [2.24, 2.45) is 5.73 Å². The van der Waals surface area contributed by atoms with Crippen LogP contribution in [0.3, 0.4) is 0 Å². The highest BCUT2D eigenvalue weighted by Gasteiger charge is 2.27. The molecule has 606 valence electrons. The number of nitrogens with zero attached hydrogens (tertiary/aromatic N) is 2. The number of aldehydes is 1. The van der Waals surface area contributed by atoms with Crippen molar-refractivity contribution in [1.29, 1.82) is 0 Å². The number of ether oxygens (including phenoxy) is 3. The predicted molar refractivity (Wildman–Crippen MR) is 480 cm³/mol. The van der Waals surface area contributed by atoms with Crippen molar-refractivity contribution in [3.8, 4) is 0 Å². The molecule has 0 unspecified atom stereocenters. The van der Waals surface area contributed by atoms with Crippen LogP contribution in [0.15, 0.2) is 150 Å². The molecule has 0 fully saturated rings. The fraction of sp³-hybridized carbons (Fsp3) is 0.444. The highest BCUT2D eigenvalue weighted by atomic mass is 127. The van der Waals surface area contributed by atoms with Gasteiger partial charge in [0.15, 0.2) is 0 Å². The Kier molecular flexibility index (Phi) is 45.8. The SMILES string of the molecule is CB(O)N[C@@H](CI)CC(=O)OC(C)(C)C.CB(O)N[C@H](CC(=O)OC(C)(C)C)Cc1ccc(N(CCCl)CCCl)c2ccccc12.CB(O)N[C@H](CC(=O)OC(C)(C)C)Cc1cccc2c(N)cccc12.N[C@H](CC(=O)O)Cc1ccc(N(CCCl)CCCl)c2ccccc12.Nc1cccc2c(Br)cccc12.O=CCCl. The minimum Gasteiger partial charge on any atom is -0.481 e. The molecule has 20 nitrogen and oxygen atoms in total. The third kappa shape index (κ3) is 38.4. The van der Waals surface area contributed by atoms with E-state index in [4.69, 9.17) is 104 Å². The molecule has 13 N–H and O–H groups in total. The molecule has 111 heavy (non-hydrogen) atoms. The van der Waals surface area contributed by atoms with Crippen LogP contribution in [0.25, 0.3) is 43.1 Å². The van der Waals surface area contributed by atoms with Crippen molar-refractivity contribution in [1.82, 2.24) is 15.7 Å². The quantitative estimate of drug-likeness (QED) is 0.00356. The number of aliphatic carboxylic acids is 1. The van der Waals surface area contributed by atoms with E-state index in [1.165, 1.54) is 0 Å². The second-order valence-electron chi connectivity index (χ2n) is 29.3. The number of anilines is 4. The molecule has 8 rings (SSSR count). The van der Waals surface area contributed by atoms with E-state index in [0.717, 1.165) is 105 Å². The van der Waals surface area contributed by atoms with Gasteiger partial charge in [-0.1, -0.05) is 154 Å². The van der Waals surface area contributed by atoms with E-state index in [0.29, 0.717) is 62.2 Å². The molecule has 8 aromatic carbocycles. The van der Waals surface area contributed by atoms with E-state index in [2.05, 4.69) is 100 Å². The normalized spacial score (nSPS) is 12.2. The summed E-state index contributed by atoms with van der Waals surface area (Å²) in [6.07, 6.45) is 2.93. The molecule has 0 aromatic heterocycles. The fourth-order valence-electron chi connectivity index (χ4n) is 12.0. The maximum atomic E-state index is 12.4. The summed E-state index contributed by atoms with van der Waals surface area (Å²) in [5.74, 6) is 0.503. The number of halogens is 7. The molecule has 0 spiro atoms. The number of carbonyl (C=O) groups excluding carboxylic acids is 4. The molecule has 0 heterocycles. The average molecular weight is 1810 g/mol. The Morgan fingerprint density at radius 3 is 1.13 bits per heavy atom. The lowest BCUT2D eigenvalue weighted by Crippen LogP contribution is -2.43. The summed E-state index contributed by atoms with van der Waals surface area (Å²) in [4.78, 5) is 60.3. The smallest absolute Gasteiger partial charge is 0.373 e. The third-order valence-electron chi connectivity index (χ3n) is 16.1. The van der Waals surface area contributed by atoms with Gasteiger partial charge in [-0.05, 0) is 171 Å². The highest BCUT2D eigenvalue weighted by molar-refractivity contribution is 14.1. The Morgan fingerprint density at radius 1 is 0.468 bits per heavy atom. The number of nitrogens with two attached hydrogens (primary N) is 3. The van der Waals surface area contributed by atoms with E-state index in [-0.39, 0.29) is 67.6 Å². The Labute approximate surface area is 704 Å². The maximum Gasteiger partial charge on any atom is 0.373 e. The molecule has 0 aliphatic carbocycles. The summed E-state index contributed by atoms with van der Waals surface area (Å²) in [7, 11) is -2.06. The van der Waals surface area contributed by atoms with Crippen molar-refractivity contribution in [2.45, 2.75) is 169 Å². The number of alkyl halides is 6. The first-order chi connectivity index (χ1) is 52.3. The summed E-state index contributed by atoms with van der Waals surface area (Å²) < 4.78 is 17.9. The minimum absolute atomic E-state index is 0.0410. The summed E-state index contributed by atoms with van der Waals surface area (Å²) in [5, 5.41) is 55.4. The Hall–Kier alpha value is -5.88. The van der Waals surface area contributed by atoms with E-state index in [1.54, 1.807) is 20.5 Å². The zero-order valence-electron chi connectivity index (χ0n) is 65.8. The number of benzene rings is 8. The van der Waals surface area contributed by atoms with Gasteiger partial charge in [-0.3, -0.25) is 19.2 Å². The van der Waals surface area contributed by atoms with Crippen molar-refractivity contribution in [2.75, 3.05) is 81.3 Å². The third-order valence-corrected chi connectivity index (χ3v) is 18.6. The van der Waals surface area contributed by atoms with Gasteiger partial charge in [-0.25, -0.2) is 0 Å². The number of carbonyl (C=O) groups is 5. The zero-order chi connectivity index (χ0) is 83.2. The number of carboxylic acids is 1. The lowest BCUT2D eigenvalue weighted by molar-refractivity contribution is -0.156. The molecule has 8 aromatic rings. The molecular weight excluding hydrogens is 1690 g/mol. The van der Waals surface area contributed by atoms with Gasteiger partial charge in [0.2, 0.25) is 0 Å². The zero-order valence-corrected chi connectivity index (χ0v) is 73.3. The molecule has 0 saturated heterocycles. The Morgan fingerprint density at radius 2 is 0.775 bits per heavy atom. The second-order valence-corrected chi connectivity index (χ2v) is 32.8. The predicted octanol–water partition coefficient (Wildman–Crippen LogP) is 15.5. The van der Waals surface area contributed by atoms with Crippen LogP contribution in [0.2, 0.25) is 20.5 Å². The summed E-state index contributed by atoms with van der Waals surface area (Å²) in [6.45, 7) is 24.4. The standard InChI is InChI=1S/C23H33BCl2N2O3.C19H27BN2O3.C18H22Cl2N2O2.C10H8BrN.C9H19BINO3.C2H3ClO/c1-23(2,3)31-22(29)16-18(27-24(4)30)15-17-9-10-21(28(13-11-25)14-12-26)20-8-6-5-7-19(17)20;1-19(2,3)25-18(23)12-14(22-20(4)24)11-13-7-5-9-16-15(13)8-6-10-17(16)21;19-7-9-22(10-8-20)17-6-5-13(11-14(21)12-18(23)24)15-3-1-2-4-16(15)17;11-9-5-1-4-8-7(9)3-2-6-10(8)12;1-9(2,3)15-8(13)5-7(6-11)12-10(4)14;3-1-2-4/h5-10,18,27,30H,11-16H2,1-4H3;5-10,14,22,24H,11-12,21H2,1-4H3;1-6,14H,7-12,21H2,(H,23,24);1-6H,12H2;7,12,14H,5-6H2,1-4H3;2H,1H2/t18-;2*14-;;7-;/m000.1./s1. The largest absolute Gasteiger partial charge is 0.481 e. The van der Waals surface area contributed by atoms with Crippen LogP contribution in [0.1, 0.15) is 105 Å². The van der Waals surface area contributed by atoms with Gasteiger partial charge in [0.05, 0.1) is 31.6 Å². The van der Waals surface area contributed by atoms with Crippen LogP contribution in [0, 0.1) is 0 Å². The van der Waals surface area contributed by atoms with Gasteiger partial charge in [0.1, 0.15) is 23.1 Å². The maximum absolute atomic E-state index is 12.4. The molecule has 0 aliphatic rings. The molecule has 4 atom stereocenters. The average Bonchev–Trinajstić information content (AvgIpc) is 0.803. The van der Waals surface area contributed by atoms with Crippen LogP contribution < -0.4 is 42.7 Å². The number of nitrogens with one attached hydrogen (secondary N) is 3. The van der Waals surface area contributed by atoms with Crippen molar-refractivity contribution in [3.63, 3.8) is 0 Å². The number of hydrogen-bond acceptors (Lipinski definition) is 19. The Balaban J connectivity index is 0.000000366. The van der Waals surface area contributed by atoms with Crippen molar-refractivity contribution < 1.29 is 58.4 Å². The van der Waals surface area contributed by atoms with Gasteiger partial charge in [0.25, 0.3) is 0 Å². The van der Waals surface area contributed by atoms with Gasteiger partial charge >= 0.3 is 45.0 Å². The van der Waals surface area contributed by atoms with E-state index in [9.17, 15) is 29.2 Å². The fourth-order valence-corrected chi connectivity index (χ4v) is 13.9. The summed E-state index contributed by atoms with van der Waals surface area (Å²) in [5.41, 5.74) is 23.3. The Bertz CT molecular complexity index is 4110. The van der Waals surface area contributed by atoms with E-state index < -0.39 is 50.0 Å². The molecule has 0 radical (unpaired) electrons. The van der Waals surface area contributed by atoms with Crippen LogP contribution >= 0.6 is 96.5 Å². The van der Waals surface area contributed by atoms with Crippen molar-refractivity contribution >= 4 is 214 Å². The monoisotopic (exact) mass is 1800 g/mol. The van der Waals surface area contributed by atoms with Gasteiger partial charge < -0.3 is 81.9 Å². The minimum atomic E-state index is -0.876. The molecule has 0 saturated carbocycles. The summed E-state index contributed by atoms with van der Waals surface area (Å²) >= 11 is 34.3. The van der Waals surface area contributed by atoms with Crippen LogP contribution in [0.5, 0.6) is 0 Å².